The third kappa shape index (κ3) is 4.10. The van der Waals surface area contributed by atoms with Crippen LogP contribution in [0.3, 0.4) is 0 Å². The van der Waals surface area contributed by atoms with E-state index in [4.69, 9.17) is 4.74 Å². The molecule has 1 unspecified atom stereocenters. The number of hydrogen-bond acceptors (Lipinski definition) is 4. The lowest BCUT2D eigenvalue weighted by molar-refractivity contribution is -0.147. The maximum absolute atomic E-state index is 11.6. The second kappa shape index (κ2) is 5.64. The van der Waals surface area contributed by atoms with Crippen molar-refractivity contribution in [3.8, 4) is 0 Å². The maximum atomic E-state index is 11.6. The van der Waals surface area contributed by atoms with Gasteiger partial charge in [0.15, 0.2) is 0 Å². The Kier molecular flexibility index (Phi) is 5.42. The predicted molar refractivity (Wildman–Crippen MR) is 64.2 cm³/mol. The Morgan fingerprint density at radius 1 is 1.31 bits per heavy atom. The summed E-state index contributed by atoms with van der Waals surface area (Å²) in [5.41, 5.74) is -1.46. The van der Waals surface area contributed by atoms with E-state index in [0.29, 0.717) is 13.0 Å². The van der Waals surface area contributed by atoms with Gasteiger partial charge in [0, 0.05) is 5.54 Å². The standard InChI is InChI=1S/C12H25NO3/c1-7-9(10(14)16-8-2)13-11(3,4)12(5,6)15/h9,13,15H,7-8H2,1-6H3. The van der Waals surface area contributed by atoms with Crippen LogP contribution in [0.2, 0.25) is 0 Å². The van der Waals surface area contributed by atoms with Gasteiger partial charge in [-0.05, 0) is 41.0 Å². The van der Waals surface area contributed by atoms with E-state index >= 15 is 0 Å². The lowest BCUT2D eigenvalue weighted by Crippen LogP contribution is -2.60. The van der Waals surface area contributed by atoms with Crippen molar-refractivity contribution in [3.05, 3.63) is 0 Å². The van der Waals surface area contributed by atoms with Gasteiger partial charge in [0.1, 0.15) is 6.04 Å². The molecule has 0 heterocycles. The normalized spacial score (nSPS) is 14.7. The fraction of sp³-hybridized carbons (Fsp3) is 0.917. The topological polar surface area (TPSA) is 58.6 Å². The Morgan fingerprint density at radius 2 is 1.81 bits per heavy atom. The zero-order chi connectivity index (χ0) is 13.0. The first kappa shape index (κ1) is 15.4. The van der Waals surface area contributed by atoms with Crippen molar-refractivity contribution in [2.45, 2.75) is 65.1 Å². The summed E-state index contributed by atoms with van der Waals surface area (Å²) in [7, 11) is 0. The second-order valence-corrected chi connectivity index (χ2v) is 5.04. The third-order valence-electron chi connectivity index (χ3n) is 3.04. The summed E-state index contributed by atoms with van der Waals surface area (Å²) in [6.07, 6.45) is 0.637. The Balaban J connectivity index is 4.60. The molecule has 0 radical (unpaired) electrons. The number of aliphatic hydroxyl groups is 1. The minimum Gasteiger partial charge on any atom is -0.465 e. The van der Waals surface area contributed by atoms with Gasteiger partial charge in [0.25, 0.3) is 0 Å². The van der Waals surface area contributed by atoms with Crippen LogP contribution in [-0.2, 0) is 9.53 Å². The average Bonchev–Trinajstić information content (AvgIpc) is 2.12. The first-order valence-electron chi connectivity index (χ1n) is 5.82. The van der Waals surface area contributed by atoms with Crippen LogP contribution in [0.5, 0.6) is 0 Å². The molecule has 2 N–H and O–H groups in total. The minimum absolute atomic E-state index is 0.262. The molecule has 0 aliphatic carbocycles. The molecule has 0 bridgehead atoms. The van der Waals surface area contributed by atoms with Gasteiger partial charge in [-0.25, -0.2) is 0 Å². The highest BCUT2D eigenvalue weighted by atomic mass is 16.5. The van der Waals surface area contributed by atoms with E-state index in [9.17, 15) is 9.90 Å². The van der Waals surface area contributed by atoms with Gasteiger partial charge in [-0.3, -0.25) is 10.1 Å². The average molecular weight is 231 g/mol. The van der Waals surface area contributed by atoms with Gasteiger partial charge in [0.05, 0.1) is 12.2 Å². The van der Waals surface area contributed by atoms with E-state index in [-0.39, 0.29) is 12.0 Å². The Hall–Kier alpha value is -0.610. The van der Waals surface area contributed by atoms with Crippen LogP contribution in [0.1, 0.15) is 48.0 Å². The molecule has 0 aliphatic rings. The Morgan fingerprint density at radius 3 is 2.12 bits per heavy atom. The highest BCUT2D eigenvalue weighted by molar-refractivity contribution is 5.75. The van der Waals surface area contributed by atoms with Crippen molar-refractivity contribution in [2.24, 2.45) is 0 Å². The fourth-order valence-electron chi connectivity index (χ4n) is 1.18. The number of ether oxygens (including phenoxy) is 1. The molecule has 4 heteroatoms. The molecule has 0 saturated carbocycles. The van der Waals surface area contributed by atoms with Crippen LogP contribution in [0.4, 0.5) is 0 Å². The van der Waals surface area contributed by atoms with E-state index < -0.39 is 11.1 Å². The highest BCUT2D eigenvalue weighted by Gasteiger charge is 2.37. The SMILES string of the molecule is CCOC(=O)C(CC)NC(C)(C)C(C)(C)O. The number of carbonyl (C=O) groups excluding carboxylic acids is 1. The number of hydrogen-bond donors (Lipinski definition) is 2. The lowest BCUT2D eigenvalue weighted by Gasteiger charge is -2.40. The summed E-state index contributed by atoms with van der Waals surface area (Å²) in [6, 6.07) is -0.374. The molecular formula is C12H25NO3. The van der Waals surface area contributed by atoms with Gasteiger partial charge in [0.2, 0.25) is 0 Å². The zero-order valence-electron chi connectivity index (χ0n) is 11.3. The van der Waals surface area contributed by atoms with Gasteiger partial charge >= 0.3 is 5.97 Å². The number of nitrogens with one attached hydrogen (secondary N) is 1. The van der Waals surface area contributed by atoms with Crippen LogP contribution in [0.25, 0.3) is 0 Å². The number of carbonyl (C=O) groups is 1. The van der Waals surface area contributed by atoms with Crippen LogP contribution in [-0.4, -0.2) is 34.9 Å². The molecule has 1 atom stereocenters. The highest BCUT2D eigenvalue weighted by Crippen LogP contribution is 2.21. The molecular weight excluding hydrogens is 206 g/mol. The van der Waals surface area contributed by atoms with E-state index in [1.807, 2.05) is 20.8 Å². The molecule has 0 spiro atoms. The first-order valence-corrected chi connectivity index (χ1v) is 5.82. The summed E-state index contributed by atoms with van der Waals surface area (Å²) in [5.74, 6) is -0.262. The van der Waals surface area contributed by atoms with Crippen molar-refractivity contribution in [1.82, 2.24) is 5.32 Å². The van der Waals surface area contributed by atoms with Crippen molar-refractivity contribution in [3.63, 3.8) is 0 Å². The predicted octanol–water partition coefficient (Wildman–Crippen LogP) is 1.47. The molecule has 0 aromatic carbocycles. The third-order valence-corrected chi connectivity index (χ3v) is 3.04. The molecule has 0 aliphatic heterocycles. The summed E-state index contributed by atoms with van der Waals surface area (Å²) >= 11 is 0. The van der Waals surface area contributed by atoms with Crippen LogP contribution in [0, 0.1) is 0 Å². The molecule has 0 fully saturated rings. The molecule has 16 heavy (non-hydrogen) atoms. The van der Waals surface area contributed by atoms with Gasteiger partial charge in [-0.2, -0.15) is 0 Å². The van der Waals surface area contributed by atoms with Crippen molar-refractivity contribution >= 4 is 5.97 Å². The molecule has 0 amide bonds. The largest absolute Gasteiger partial charge is 0.465 e. The summed E-state index contributed by atoms with van der Waals surface area (Å²) in [4.78, 5) is 11.6. The second-order valence-electron chi connectivity index (χ2n) is 5.04. The Bertz CT molecular complexity index is 231. The summed E-state index contributed by atoms with van der Waals surface area (Å²) in [5, 5.41) is 13.1. The van der Waals surface area contributed by atoms with Crippen molar-refractivity contribution in [2.75, 3.05) is 6.61 Å². The summed E-state index contributed by atoms with van der Waals surface area (Å²) in [6.45, 7) is 11.3. The molecule has 4 nitrogen and oxygen atoms in total. The van der Waals surface area contributed by atoms with E-state index in [2.05, 4.69) is 5.32 Å². The zero-order valence-corrected chi connectivity index (χ0v) is 11.3. The smallest absolute Gasteiger partial charge is 0.323 e. The molecule has 0 aromatic rings. The minimum atomic E-state index is -0.910. The number of esters is 1. The summed E-state index contributed by atoms with van der Waals surface area (Å²) < 4.78 is 4.97. The van der Waals surface area contributed by atoms with Crippen molar-refractivity contribution in [1.29, 1.82) is 0 Å². The molecule has 0 rings (SSSR count). The molecule has 0 aromatic heterocycles. The quantitative estimate of drug-likeness (QED) is 0.680. The van der Waals surface area contributed by atoms with Crippen molar-refractivity contribution < 1.29 is 14.6 Å². The monoisotopic (exact) mass is 231 g/mol. The van der Waals surface area contributed by atoms with Crippen LogP contribution >= 0.6 is 0 Å². The number of rotatable bonds is 6. The molecule has 96 valence electrons. The fourth-order valence-corrected chi connectivity index (χ4v) is 1.18. The van der Waals surface area contributed by atoms with Crippen LogP contribution in [0.15, 0.2) is 0 Å². The van der Waals surface area contributed by atoms with Gasteiger partial charge in [-0.15, -0.1) is 0 Å². The lowest BCUT2D eigenvalue weighted by atomic mass is 9.85. The first-order chi connectivity index (χ1) is 7.15. The van der Waals surface area contributed by atoms with E-state index in [1.165, 1.54) is 0 Å². The molecule has 0 saturated heterocycles. The Labute approximate surface area is 98.4 Å². The van der Waals surface area contributed by atoms with E-state index in [0.717, 1.165) is 0 Å². The van der Waals surface area contributed by atoms with E-state index in [1.54, 1.807) is 20.8 Å². The maximum Gasteiger partial charge on any atom is 0.323 e. The van der Waals surface area contributed by atoms with Gasteiger partial charge < -0.3 is 9.84 Å². The van der Waals surface area contributed by atoms with Crippen LogP contribution < -0.4 is 5.32 Å². The van der Waals surface area contributed by atoms with Gasteiger partial charge in [-0.1, -0.05) is 6.92 Å².